The van der Waals surface area contributed by atoms with Crippen LogP contribution in [-0.2, 0) is 5.41 Å². The molecule has 0 radical (unpaired) electrons. The lowest BCUT2D eigenvalue weighted by Crippen LogP contribution is -2.49. The molecule has 3 aromatic rings. The van der Waals surface area contributed by atoms with E-state index in [2.05, 4.69) is 11.9 Å². The van der Waals surface area contributed by atoms with Gasteiger partial charge < -0.3 is 15.5 Å². The SMILES string of the molecule is CC[C@H](N)[C@]1(c2ccc(F)cc2C)CC[C@@H](Oc2cc3cc[nH]c(=O)c3cc2Cl)CC1. The predicted molar refractivity (Wildman–Crippen MR) is 124 cm³/mol. The van der Waals surface area contributed by atoms with Gasteiger partial charge in [0.1, 0.15) is 11.6 Å². The van der Waals surface area contributed by atoms with E-state index >= 15 is 0 Å². The van der Waals surface area contributed by atoms with Crippen LogP contribution in [-0.4, -0.2) is 17.1 Å². The Morgan fingerprint density at radius 1 is 1.26 bits per heavy atom. The van der Waals surface area contributed by atoms with Gasteiger partial charge in [-0.15, -0.1) is 0 Å². The molecule has 1 saturated carbocycles. The van der Waals surface area contributed by atoms with Crippen LogP contribution < -0.4 is 16.0 Å². The Morgan fingerprint density at radius 3 is 2.68 bits per heavy atom. The maximum atomic E-state index is 13.7. The molecule has 0 bridgehead atoms. The number of halogens is 2. The van der Waals surface area contributed by atoms with E-state index in [-0.39, 0.29) is 28.9 Å². The number of benzene rings is 2. The van der Waals surface area contributed by atoms with Gasteiger partial charge >= 0.3 is 0 Å². The largest absolute Gasteiger partial charge is 0.489 e. The van der Waals surface area contributed by atoms with E-state index in [1.165, 1.54) is 6.07 Å². The molecule has 0 saturated heterocycles. The lowest BCUT2D eigenvalue weighted by Gasteiger charge is -2.45. The number of fused-ring (bicyclic) bond motifs is 1. The highest BCUT2D eigenvalue weighted by Gasteiger charge is 2.42. The number of nitrogens with one attached hydrogen (secondary N) is 1. The Hall–Kier alpha value is -2.37. The summed E-state index contributed by atoms with van der Waals surface area (Å²) in [6, 6.07) is 10.4. The summed E-state index contributed by atoms with van der Waals surface area (Å²) in [6.07, 6.45) is 5.87. The van der Waals surface area contributed by atoms with Crippen LogP contribution in [0.25, 0.3) is 10.8 Å². The van der Waals surface area contributed by atoms with Crippen molar-refractivity contribution in [1.29, 1.82) is 0 Å². The van der Waals surface area contributed by atoms with E-state index in [4.69, 9.17) is 22.1 Å². The quantitative estimate of drug-likeness (QED) is 0.538. The molecule has 31 heavy (non-hydrogen) atoms. The van der Waals surface area contributed by atoms with Gasteiger partial charge in [0.2, 0.25) is 0 Å². The Balaban J connectivity index is 1.57. The average Bonchev–Trinajstić information content (AvgIpc) is 2.75. The first-order valence-electron chi connectivity index (χ1n) is 10.8. The number of hydrogen-bond donors (Lipinski definition) is 2. The Bertz CT molecular complexity index is 1150. The molecule has 1 fully saturated rings. The normalized spacial score (nSPS) is 22.4. The van der Waals surface area contributed by atoms with Crippen LogP contribution in [0.2, 0.25) is 5.02 Å². The van der Waals surface area contributed by atoms with Crippen LogP contribution in [0.4, 0.5) is 4.39 Å². The second kappa shape index (κ2) is 8.64. The molecule has 1 aliphatic rings. The van der Waals surface area contributed by atoms with Crippen LogP contribution in [0, 0.1) is 12.7 Å². The fourth-order valence-corrected chi connectivity index (χ4v) is 5.31. The lowest BCUT2D eigenvalue weighted by atomic mass is 9.63. The highest BCUT2D eigenvalue weighted by atomic mass is 35.5. The van der Waals surface area contributed by atoms with Gasteiger partial charge in [-0.3, -0.25) is 4.79 Å². The van der Waals surface area contributed by atoms with Gasteiger partial charge in [-0.25, -0.2) is 4.39 Å². The minimum absolute atomic E-state index is 0.00593. The first-order valence-corrected chi connectivity index (χ1v) is 11.2. The van der Waals surface area contributed by atoms with E-state index in [0.717, 1.165) is 48.6 Å². The molecule has 1 aliphatic carbocycles. The summed E-state index contributed by atoms with van der Waals surface area (Å²) in [5.74, 6) is 0.373. The van der Waals surface area contributed by atoms with Crippen LogP contribution in [0.3, 0.4) is 0 Å². The lowest BCUT2D eigenvalue weighted by molar-refractivity contribution is 0.103. The maximum absolute atomic E-state index is 13.7. The molecule has 1 atom stereocenters. The van der Waals surface area contributed by atoms with Crippen LogP contribution in [0.1, 0.15) is 50.2 Å². The molecule has 0 aliphatic heterocycles. The Kier molecular flexibility index (Phi) is 6.09. The molecule has 4 rings (SSSR count). The van der Waals surface area contributed by atoms with Gasteiger partial charge in [-0.05, 0) is 85.9 Å². The number of aryl methyl sites for hydroxylation is 1. The van der Waals surface area contributed by atoms with E-state index < -0.39 is 0 Å². The number of aromatic amines is 1. The molecule has 0 unspecified atom stereocenters. The van der Waals surface area contributed by atoms with E-state index in [1.807, 2.05) is 25.1 Å². The monoisotopic (exact) mass is 442 g/mol. The van der Waals surface area contributed by atoms with Gasteiger partial charge in [0, 0.05) is 23.0 Å². The number of pyridine rings is 1. The number of ether oxygens (including phenoxy) is 1. The highest BCUT2D eigenvalue weighted by Crippen LogP contribution is 2.45. The molecule has 2 aromatic carbocycles. The average molecular weight is 443 g/mol. The Morgan fingerprint density at radius 2 is 2.00 bits per heavy atom. The topological polar surface area (TPSA) is 68.1 Å². The fourth-order valence-electron chi connectivity index (χ4n) is 5.10. The predicted octanol–water partition coefficient (Wildman–Crippen LogP) is 5.63. The molecule has 1 aromatic heterocycles. The Labute approximate surface area is 186 Å². The van der Waals surface area contributed by atoms with Gasteiger partial charge in [0.25, 0.3) is 5.56 Å². The van der Waals surface area contributed by atoms with E-state index in [0.29, 0.717) is 16.2 Å². The minimum atomic E-state index is -0.219. The standard InChI is InChI=1S/C25H28ClFN2O2/c1-3-23(28)25(20-5-4-17(27)12-15(20)2)9-6-18(7-10-25)31-22-13-16-8-11-29-24(30)19(16)14-21(22)26/h4-5,8,11-14,18,23H,3,6-7,9-10,28H2,1-2H3,(H,29,30)/t18-,23-,25-/m0/s1. The molecule has 1 heterocycles. The van der Waals surface area contributed by atoms with Gasteiger partial charge in [-0.2, -0.15) is 0 Å². The third-order valence-electron chi connectivity index (χ3n) is 6.82. The summed E-state index contributed by atoms with van der Waals surface area (Å²) in [6.45, 7) is 4.06. The first kappa shape index (κ1) is 21.8. The zero-order valence-corrected chi connectivity index (χ0v) is 18.6. The van der Waals surface area contributed by atoms with Crippen molar-refractivity contribution in [2.75, 3.05) is 0 Å². The van der Waals surface area contributed by atoms with Crippen molar-refractivity contribution in [2.45, 2.75) is 63.5 Å². The van der Waals surface area contributed by atoms with Gasteiger partial charge in [0.05, 0.1) is 11.1 Å². The minimum Gasteiger partial charge on any atom is -0.489 e. The molecule has 0 amide bonds. The third-order valence-corrected chi connectivity index (χ3v) is 7.11. The second-order valence-corrected chi connectivity index (χ2v) is 9.03. The van der Waals surface area contributed by atoms with Crippen molar-refractivity contribution >= 4 is 22.4 Å². The summed E-state index contributed by atoms with van der Waals surface area (Å²) >= 11 is 6.42. The summed E-state index contributed by atoms with van der Waals surface area (Å²) < 4.78 is 20.0. The fraction of sp³-hybridized carbons (Fsp3) is 0.400. The number of H-pyrrole nitrogens is 1. The summed E-state index contributed by atoms with van der Waals surface area (Å²) in [7, 11) is 0. The molecular weight excluding hydrogens is 415 g/mol. The number of nitrogens with two attached hydrogens (primary N) is 1. The van der Waals surface area contributed by atoms with Crippen molar-refractivity contribution in [3.05, 3.63) is 74.9 Å². The first-order chi connectivity index (χ1) is 14.8. The van der Waals surface area contributed by atoms with E-state index in [1.54, 1.807) is 18.3 Å². The number of aromatic nitrogens is 1. The zero-order valence-electron chi connectivity index (χ0n) is 17.9. The maximum Gasteiger partial charge on any atom is 0.255 e. The summed E-state index contributed by atoms with van der Waals surface area (Å²) in [5.41, 5.74) is 8.37. The molecule has 0 spiro atoms. The van der Waals surface area contributed by atoms with Crippen LogP contribution in [0.5, 0.6) is 5.75 Å². The molecule has 6 heteroatoms. The summed E-state index contributed by atoms with van der Waals surface area (Å²) in [5, 5.41) is 1.77. The molecular formula is C25H28ClFN2O2. The molecule has 164 valence electrons. The van der Waals surface area contributed by atoms with Crippen molar-refractivity contribution in [3.8, 4) is 5.75 Å². The van der Waals surface area contributed by atoms with Crippen molar-refractivity contribution in [2.24, 2.45) is 5.73 Å². The van der Waals surface area contributed by atoms with Crippen LogP contribution >= 0.6 is 11.6 Å². The highest BCUT2D eigenvalue weighted by molar-refractivity contribution is 6.32. The summed E-state index contributed by atoms with van der Waals surface area (Å²) in [4.78, 5) is 14.6. The van der Waals surface area contributed by atoms with Crippen LogP contribution in [0.15, 0.2) is 47.4 Å². The zero-order chi connectivity index (χ0) is 22.2. The van der Waals surface area contributed by atoms with Gasteiger partial charge in [0.15, 0.2) is 0 Å². The third kappa shape index (κ3) is 4.09. The molecule has 3 N–H and O–H groups in total. The van der Waals surface area contributed by atoms with Crippen molar-refractivity contribution < 1.29 is 9.13 Å². The number of hydrogen-bond acceptors (Lipinski definition) is 3. The smallest absolute Gasteiger partial charge is 0.255 e. The molecule has 4 nitrogen and oxygen atoms in total. The van der Waals surface area contributed by atoms with Crippen molar-refractivity contribution in [1.82, 2.24) is 4.98 Å². The second-order valence-electron chi connectivity index (χ2n) is 8.62. The van der Waals surface area contributed by atoms with E-state index in [9.17, 15) is 9.18 Å². The number of rotatable bonds is 5. The van der Waals surface area contributed by atoms with Crippen molar-refractivity contribution in [3.63, 3.8) is 0 Å². The van der Waals surface area contributed by atoms with Gasteiger partial charge in [-0.1, -0.05) is 24.6 Å².